The van der Waals surface area contributed by atoms with E-state index in [1.807, 2.05) is 4.57 Å². The van der Waals surface area contributed by atoms with Crippen LogP contribution in [0.2, 0.25) is 0 Å². The normalized spacial score (nSPS) is 19.3. The lowest BCUT2D eigenvalue weighted by molar-refractivity contribution is 0.155. The van der Waals surface area contributed by atoms with Gasteiger partial charge in [0.15, 0.2) is 0 Å². The largest absolute Gasteiger partial charge is 0.395 e. The van der Waals surface area contributed by atoms with Crippen molar-refractivity contribution in [1.82, 2.24) is 14.5 Å². The zero-order chi connectivity index (χ0) is 19.4. The van der Waals surface area contributed by atoms with Crippen molar-refractivity contribution in [2.75, 3.05) is 18.9 Å². The molecule has 0 aromatic carbocycles. The molecule has 0 saturated heterocycles. The van der Waals surface area contributed by atoms with Gasteiger partial charge in [-0.3, -0.25) is 4.90 Å². The van der Waals surface area contributed by atoms with Crippen molar-refractivity contribution in [3.8, 4) is 0 Å². The van der Waals surface area contributed by atoms with Crippen LogP contribution in [0.3, 0.4) is 0 Å². The average Bonchev–Trinajstić information content (AvgIpc) is 3.34. The van der Waals surface area contributed by atoms with Gasteiger partial charge in [-0.2, -0.15) is 0 Å². The van der Waals surface area contributed by atoms with Crippen LogP contribution in [0.1, 0.15) is 64.5 Å². The Morgan fingerprint density at radius 2 is 1.89 bits per heavy atom. The summed E-state index contributed by atoms with van der Waals surface area (Å²) in [5.41, 5.74) is 0.956. The molecule has 6 nitrogen and oxygen atoms in total. The molecule has 1 heterocycles. The molecule has 0 amide bonds. The molecule has 2 saturated carbocycles. The lowest BCUT2D eigenvalue weighted by Gasteiger charge is -2.28. The molecule has 1 N–H and O–H groups in total. The van der Waals surface area contributed by atoms with Crippen molar-refractivity contribution in [3.05, 3.63) is 11.9 Å². The minimum Gasteiger partial charge on any atom is -0.395 e. The van der Waals surface area contributed by atoms with Gasteiger partial charge >= 0.3 is 0 Å². The van der Waals surface area contributed by atoms with E-state index in [0.29, 0.717) is 24.9 Å². The van der Waals surface area contributed by atoms with E-state index in [9.17, 15) is 13.5 Å². The molecule has 2 fully saturated rings. The van der Waals surface area contributed by atoms with Crippen molar-refractivity contribution in [2.45, 2.75) is 83.1 Å². The fourth-order valence-corrected chi connectivity index (χ4v) is 5.96. The second-order valence-corrected chi connectivity index (χ2v) is 10.6. The highest BCUT2D eigenvalue weighted by Gasteiger charge is 2.33. The van der Waals surface area contributed by atoms with Gasteiger partial charge in [-0.15, -0.1) is 0 Å². The van der Waals surface area contributed by atoms with Gasteiger partial charge in [-0.05, 0) is 51.4 Å². The zero-order valence-corrected chi connectivity index (χ0v) is 17.6. The molecule has 0 atom stereocenters. The minimum atomic E-state index is -3.34. The standard InChI is InChI=1S/C20H35N3O3S/c1-16(2)22(10-11-24)14-19-12-21-20(27(25,26)15-18-8-9-18)23(19)13-17-6-4-3-5-7-17/h12,16-18,24H,3-11,13-15H2,1-2H3. The van der Waals surface area contributed by atoms with E-state index in [0.717, 1.165) is 25.1 Å². The van der Waals surface area contributed by atoms with Gasteiger partial charge in [0.1, 0.15) is 0 Å². The summed E-state index contributed by atoms with van der Waals surface area (Å²) in [6, 6.07) is 0.279. The molecule has 27 heavy (non-hydrogen) atoms. The van der Waals surface area contributed by atoms with Crippen molar-refractivity contribution in [3.63, 3.8) is 0 Å². The zero-order valence-electron chi connectivity index (χ0n) is 16.8. The highest BCUT2D eigenvalue weighted by atomic mass is 32.2. The Morgan fingerprint density at radius 1 is 1.19 bits per heavy atom. The van der Waals surface area contributed by atoms with Crippen LogP contribution in [0.15, 0.2) is 11.4 Å². The topological polar surface area (TPSA) is 75.4 Å². The van der Waals surface area contributed by atoms with Crippen molar-refractivity contribution in [1.29, 1.82) is 0 Å². The highest BCUT2D eigenvalue weighted by Crippen LogP contribution is 2.33. The Morgan fingerprint density at radius 3 is 2.48 bits per heavy atom. The molecule has 0 bridgehead atoms. The third-order valence-corrected chi connectivity index (χ3v) is 7.77. The van der Waals surface area contributed by atoms with Gasteiger partial charge in [0.2, 0.25) is 15.0 Å². The number of hydrogen-bond acceptors (Lipinski definition) is 5. The summed E-state index contributed by atoms with van der Waals surface area (Å²) < 4.78 is 27.9. The molecule has 0 radical (unpaired) electrons. The third-order valence-electron chi connectivity index (χ3n) is 5.98. The fourth-order valence-electron chi connectivity index (χ4n) is 4.12. The molecule has 2 aliphatic rings. The predicted octanol–water partition coefficient (Wildman–Crippen LogP) is 2.85. The summed E-state index contributed by atoms with van der Waals surface area (Å²) in [5.74, 6) is 1.09. The Bertz CT molecular complexity index is 704. The maximum absolute atomic E-state index is 13.0. The van der Waals surface area contributed by atoms with Crippen LogP contribution in [0.4, 0.5) is 0 Å². The highest BCUT2D eigenvalue weighted by molar-refractivity contribution is 7.91. The van der Waals surface area contributed by atoms with Crippen molar-refractivity contribution >= 4 is 9.84 Å². The van der Waals surface area contributed by atoms with E-state index < -0.39 is 9.84 Å². The number of hydrogen-bond donors (Lipinski definition) is 1. The SMILES string of the molecule is CC(C)N(CCO)Cc1cnc(S(=O)(=O)CC2CC2)n1CC1CCCCC1. The monoisotopic (exact) mass is 397 g/mol. The Labute approximate surface area is 163 Å². The first-order valence-electron chi connectivity index (χ1n) is 10.5. The first-order chi connectivity index (χ1) is 12.9. The number of nitrogens with zero attached hydrogens (tertiary/aromatic N) is 3. The Kier molecular flexibility index (Phi) is 6.98. The molecule has 1 aromatic rings. The summed E-state index contributed by atoms with van der Waals surface area (Å²) in [6.07, 6.45) is 9.89. The summed E-state index contributed by atoms with van der Waals surface area (Å²) in [5, 5.41) is 9.64. The average molecular weight is 398 g/mol. The predicted molar refractivity (Wildman–Crippen MR) is 106 cm³/mol. The molecule has 0 aliphatic heterocycles. The van der Waals surface area contributed by atoms with Gasteiger partial charge in [-0.1, -0.05) is 19.3 Å². The van der Waals surface area contributed by atoms with E-state index in [-0.39, 0.29) is 23.6 Å². The van der Waals surface area contributed by atoms with Crippen molar-refractivity contribution in [2.24, 2.45) is 11.8 Å². The van der Waals surface area contributed by atoms with Gasteiger partial charge in [0, 0.05) is 25.7 Å². The van der Waals surface area contributed by atoms with E-state index in [1.54, 1.807) is 6.20 Å². The molecule has 0 unspecified atom stereocenters. The molecule has 0 spiro atoms. The van der Waals surface area contributed by atoms with E-state index in [2.05, 4.69) is 23.7 Å². The number of aliphatic hydroxyl groups excluding tert-OH is 1. The van der Waals surface area contributed by atoms with Crippen LogP contribution < -0.4 is 0 Å². The number of aromatic nitrogens is 2. The van der Waals surface area contributed by atoms with E-state index >= 15 is 0 Å². The first kappa shape index (κ1) is 20.8. The van der Waals surface area contributed by atoms with Gasteiger partial charge in [0.25, 0.3) is 0 Å². The molecular weight excluding hydrogens is 362 g/mol. The Hall–Kier alpha value is -0.920. The summed E-state index contributed by atoms with van der Waals surface area (Å²) in [6.45, 7) is 6.25. The molecule has 3 rings (SSSR count). The number of aliphatic hydroxyl groups is 1. The van der Waals surface area contributed by atoms with Gasteiger partial charge < -0.3 is 9.67 Å². The summed E-state index contributed by atoms with van der Waals surface area (Å²) >= 11 is 0. The maximum Gasteiger partial charge on any atom is 0.227 e. The van der Waals surface area contributed by atoms with Gasteiger partial charge in [-0.25, -0.2) is 13.4 Å². The van der Waals surface area contributed by atoms with Crippen LogP contribution in [-0.2, 0) is 22.9 Å². The minimum absolute atomic E-state index is 0.0990. The van der Waals surface area contributed by atoms with Crippen LogP contribution >= 0.6 is 0 Å². The van der Waals surface area contributed by atoms with Crippen LogP contribution in [-0.4, -0.2) is 52.9 Å². The molecule has 7 heteroatoms. The maximum atomic E-state index is 13.0. The third kappa shape index (κ3) is 5.55. The number of rotatable bonds is 10. The van der Waals surface area contributed by atoms with E-state index in [4.69, 9.17) is 0 Å². The second-order valence-electron chi connectivity index (χ2n) is 8.66. The van der Waals surface area contributed by atoms with E-state index in [1.165, 1.54) is 32.1 Å². The molecule has 1 aromatic heterocycles. The number of sulfone groups is 1. The summed E-state index contributed by atoms with van der Waals surface area (Å²) in [7, 11) is -3.34. The molecule has 154 valence electrons. The van der Waals surface area contributed by atoms with Gasteiger partial charge in [0.05, 0.1) is 24.3 Å². The Balaban J connectivity index is 1.86. The summed E-state index contributed by atoms with van der Waals surface area (Å²) in [4.78, 5) is 6.56. The van der Waals surface area contributed by atoms with Crippen LogP contribution in [0.25, 0.3) is 0 Å². The first-order valence-corrected chi connectivity index (χ1v) is 12.2. The lowest BCUT2D eigenvalue weighted by Crippen LogP contribution is -2.34. The quantitative estimate of drug-likeness (QED) is 0.657. The van der Waals surface area contributed by atoms with Crippen molar-refractivity contribution < 1.29 is 13.5 Å². The molecular formula is C20H35N3O3S. The molecule has 2 aliphatic carbocycles. The fraction of sp³-hybridized carbons (Fsp3) is 0.850. The second kappa shape index (κ2) is 9.05. The smallest absolute Gasteiger partial charge is 0.227 e. The number of imidazole rings is 1. The van der Waals surface area contributed by atoms with Crippen LogP contribution in [0.5, 0.6) is 0 Å². The lowest BCUT2D eigenvalue weighted by atomic mass is 9.89. The van der Waals surface area contributed by atoms with Crippen LogP contribution in [0, 0.1) is 11.8 Å².